The monoisotopic (exact) mass is 1200 g/mol. The summed E-state index contributed by atoms with van der Waals surface area (Å²) >= 11 is 0. The number of carbonyl (C=O) groups is 1. The predicted octanol–water partition coefficient (Wildman–Crippen LogP) is -3.24. The van der Waals surface area contributed by atoms with Gasteiger partial charge in [-0.2, -0.15) is 8.42 Å². The Balaban J connectivity index is 0.916. The first-order valence-corrected chi connectivity index (χ1v) is 29.9. The van der Waals surface area contributed by atoms with Gasteiger partial charge in [-0.05, 0) is 103 Å². The van der Waals surface area contributed by atoms with E-state index in [2.05, 4.69) is 40.7 Å². The fourth-order valence-corrected chi connectivity index (χ4v) is 17.3. The van der Waals surface area contributed by atoms with Gasteiger partial charge in [0.25, 0.3) is 0 Å². The van der Waals surface area contributed by atoms with Crippen molar-refractivity contribution in [2.24, 2.45) is 50.2 Å². The molecule has 8 fully saturated rings. The molecule has 4 saturated carbocycles. The molecule has 27 nitrogen and oxygen atoms in total. The maximum Gasteiger partial charge on any atom is 0.397 e. The molecule has 0 bridgehead atoms. The molecule has 4 heterocycles. The zero-order chi connectivity index (χ0) is 60.4. The first-order valence-electron chi connectivity index (χ1n) is 28.6. The third-order valence-corrected chi connectivity index (χ3v) is 22.1. The van der Waals surface area contributed by atoms with Crippen LogP contribution in [0, 0.1) is 50.2 Å². The van der Waals surface area contributed by atoms with E-state index < -0.39 is 205 Å². The zero-order valence-corrected chi connectivity index (χ0v) is 48.0. The van der Waals surface area contributed by atoms with Crippen molar-refractivity contribution in [1.29, 1.82) is 0 Å². The van der Waals surface area contributed by atoms with Crippen molar-refractivity contribution >= 4 is 16.4 Å². The number of fused-ring (bicyclic) bond motifs is 7. The average molecular weight is 1200 g/mol. The van der Waals surface area contributed by atoms with Crippen LogP contribution < -0.4 is 0 Å². The Labute approximate surface area is 475 Å². The van der Waals surface area contributed by atoms with Crippen LogP contribution in [0.4, 0.5) is 0 Å². The standard InChI is InChI=1S/C54H88O27S/c1-49(2)14-15-54(23(16-49)22-8-9-29-51(5)12-11-31(81-82(70,71)72)50(3,4)28(51)10-13-52(29,6)53(22,7)17-30(54)57)48(69)80-46-42(68)38(64)35(61)27(78-46)21-74-47-43(39(65)33(59)25(19-56)76-47)79-45-41(67)37(63)34(60)26(77-45)20-73-44-40(66)36(62)32(58)24(18-55)75-44/h8,23-47,55-68H,9-21H2,1-7H3,(H,70,71,72)/t23-,24-,25+,26+,27-,28-,29+,30+,31-,32+,33-,34-,35+,36+,37-,38+,39+,40+,41+,42-,43-,44-,45-,46-,47+,51-,52+,53-,54+/m1/s1. The summed E-state index contributed by atoms with van der Waals surface area (Å²) < 4.78 is 85.1. The maximum absolute atomic E-state index is 15.2. The van der Waals surface area contributed by atoms with Gasteiger partial charge in [0.2, 0.25) is 6.29 Å². The van der Waals surface area contributed by atoms with Crippen molar-refractivity contribution in [3.8, 4) is 0 Å². The number of carbonyl (C=O) groups excluding carboxylic acids is 1. The van der Waals surface area contributed by atoms with Crippen molar-refractivity contribution in [3.05, 3.63) is 11.6 Å². The first kappa shape index (κ1) is 64.7. The molecular formula is C54H88O27S. The smallest absolute Gasteiger partial charge is 0.397 e. The summed E-state index contributed by atoms with van der Waals surface area (Å²) in [6.07, 6.45) is -32.4. The van der Waals surface area contributed by atoms with Crippen molar-refractivity contribution in [3.63, 3.8) is 0 Å². The number of ether oxygens (including phenoxy) is 8. The lowest BCUT2D eigenvalue weighted by atomic mass is 9.33. The third-order valence-electron chi connectivity index (χ3n) is 21.6. The molecule has 0 amide bonds. The van der Waals surface area contributed by atoms with Gasteiger partial charge in [0.15, 0.2) is 18.9 Å². The lowest BCUT2D eigenvalue weighted by Gasteiger charge is -2.71. The average Bonchev–Trinajstić information content (AvgIpc) is 1.18. The number of hydrogen-bond acceptors (Lipinski definition) is 26. The SMILES string of the molecule is CC1(C)CC[C@]2(C(=O)O[C@H]3O[C@H](CO[C@H]4O[C@@H](CO)[C@@H](O)[C@H](O)[C@H]4O[C@H]4O[C@@H](CO[C@@H]5O[C@H](CO)[C@H](O)[C@H](O)[C@@H]5O)[C@@H](O)[C@@H](O)[C@@H]4O)[C@H](O)[C@H](O)[C@H]3O)[C@H](C1)C1=CC[C@H]3[C@]4(C)CC[C@@H](OS(=O)(=O)O)C(C)(C)[C@H]4CC[C@]3(C)[C@]1(C)C[C@@H]2O. The first-order chi connectivity index (χ1) is 38.1. The fraction of sp³-hybridized carbons (Fsp3) is 0.944. The largest absolute Gasteiger partial charge is 0.432 e. The molecule has 15 N–H and O–H groups in total. The van der Waals surface area contributed by atoms with Crippen LogP contribution in [0.3, 0.4) is 0 Å². The van der Waals surface area contributed by atoms with Crippen LogP contribution in [0.2, 0.25) is 0 Å². The summed E-state index contributed by atoms with van der Waals surface area (Å²) in [7, 11) is -4.71. The Morgan fingerprint density at radius 1 is 0.585 bits per heavy atom. The van der Waals surface area contributed by atoms with Gasteiger partial charge in [-0.25, -0.2) is 4.18 Å². The van der Waals surface area contributed by atoms with Crippen molar-refractivity contribution in [2.75, 3.05) is 26.4 Å². The predicted molar refractivity (Wildman–Crippen MR) is 275 cm³/mol. The molecule has 4 saturated heterocycles. The number of aliphatic hydroxyl groups is 14. The molecule has 0 unspecified atom stereocenters. The van der Waals surface area contributed by atoms with E-state index in [0.29, 0.717) is 38.5 Å². The lowest BCUT2D eigenvalue weighted by molar-refractivity contribution is -0.376. The number of rotatable bonds is 14. The second kappa shape index (κ2) is 23.3. The van der Waals surface area contributed by atoms with Crippen molar-refractivity contribution in [2.45, 2.75) is 241 Å². The van der Waals surface area contributed by atoms with E-state index in [9.17, 15) is 84.5 Å². The second-order valence-electron chi connectivity index (χ2n) is 27.0. The minimum absolute atomic E-state index is 0.0237. The molecule has 9 aliphatic rings. The Bertz CT molecular complexity index is 2410. The molecule has 29 atom stereocenters. The Morgan fingerprint density at radius 3 is 1.68 bits per heavy atom. The van der Waals surface area contributed by atoms with Gasteiger partial charge in [-0.15, -0.1) is 0 Å². The second-order valence-corrected chi connectivity index (χ2v) is 28.0. The highest BCUT2D eigenvalue weighted by atomic mass is 32.3. The highest BCUT2D eigenvalue weighted by Crippen LogP contribution is 2.76. The summed E-state index contributed by atoms with van der Waals surface area (Å²) in [4.78, 5) is 15.2. The van der Waals surface area contributed by atoms with Crippen LogP contribution in [0.1, 0.15) is 106 Å². The van der Waals surface area contributed by atoms with Crippen LogP contribution in [-0.2, 0) is 57.3 Å². The van der Waals surface area contributed by atoms with Gasteiger partial charge in [-0.1, -0.05) is 60.1 Å². The highest BCUT2D eigenvalue weighted by Gasteiger charge is 2.72. The molecule has 9 rings (SSSR count). The molecule has 472 valence electrons. The molecule has 0 aromatic rings. The van der Waals surface area contributed by atoms with E-state index in [1.54, 1.807) is 0 Å². The normalized spacial score (nSPS) is 52.0. The number of hydrogen-bond donors (Lipinski definition) is 15. The van der Waals surface area contributed by atoms with Crippen molar-refractivity contribution < 1.29 is 131 Å². The number of aliphatic hydroxyl groups excluding tert-OH is 14. The zero-order valence-electron chi connectivity index (χ0n) is 47.2. The van der Waals surface area contributed by atoms with Crippen LogP contribution >= 0.6 is 0 Å². The van der Waals surface area contributed by atoms with Crippen LogP contribution in [0.5, 0.6) is 0 Å². The minimum Gasteiger partial charge on any atom is -0.432 e. The quantitative estimate of drug-likeness (QED) is 0.0462. The van der Waals surface area contributed by atoms with Gasteiger partial charge in [0, 0.05) is 0 Å². The van der Waals surface area contributed by atoms with E-state index >= 15 is 4.79 Å². The lowest BCUT2D eigenvalue weighted by Crippen LogP contribution is -2.68. The Hall–Kier alpha value is -1.76. The summed E-state index contributed by atoms with van der Waals surface area (Å²) in [5.41, 5.74) is -2.82. The third kappa shape index (κ3) is 11.0. The summed E-state index contributed by atoms with van der Waals surface area (Å²) in [6.45, 7) is 11.6. The van der Waals surface area contributed by atoms with Gasteiger partial charge in [0.1, 0.15) is 103 Å². The van der Waals surface area contributed by atoms with Gasteiger partial charge in [0.05, 0.1) is 38.6 Å². The van der Waals surface area contributed by atoms with E-state index in [0.717, 1.165) is 12.0 Å². The Morgan fingerprint density at radius 2 is 1.10 bits per heavy atom. The molecule has 28 heteroatoms. The molecule has 0 radical (unpaired) electrons. The summed E-state index contributed by atoms with van der Waals surface area (Å²) in [5.74, 6) is -1.37. The molecule has 82 heavy (non-hydrogen) atoms. The van der Waals surface area contributed by atoms with E-state index in [1.807, 2.05) is 13.8 Å². The van der Waals surface area contributed by atoms with E-state index in [4.69, 9.17) is 42.1 Å². The van der Waals surface area contributed by atoms with Gasteiger partial charge >= 0.3 is 16.4 Å². The van der Waals surface area contributed by atoms with Gasteiger partial charge < -0.3 is 109 Å². The summed E-state index contributed by atoms with van der Waals surface area (Å²) in [6, 6.07) is 0. The summed E-state index contributed by atoms with van der Waals surface area (Å²) in [5, 5.41) is 152. The van der Waals surface area contributed by atoms with Crippen LogP contribution in [-0.4, -0.2) is 252 Å². The number of allylic oxidation sites excluding steroid dienone is 2. The highest BCUT2D eigenvalue weighted by molar-refractivity contribution is 7.80. The fourth-order valence-electron chi connectivity index (χ4n) is 16.6. The molecule has 0 spiro atoms. The van der Waals surface area contributed by atoms with E-state index in [1.165, 1.54) is 0 Å². The minimum atomic E-state index is -4.71. The maximum atomic E-state index is 15.2. The van der Waals surface area contributed by atoms with Crippen molar-refractivity contribution in [1.82, 2.24) is 0 Å². The molecular weight excluding hydrogens is 1110 g/mol. The van der Waals surface area contributed by atoms with Gasteiger partial charge in [-0.3, -0.25) is 9.35 Å². The van der Waals surface area contributed by atoms with E-state index in [-0.39, 0.29) is 35.5 Å². The topological polar surface area (TPSA) is 438 Å². The molecule has 0 aromatic heterocycles. The molecule has 4 aliphatic heterocycles. The molecule has 0 aromatic carbocycles. The van der Waals surface area contributed by atoms with Crippen LogP contribution in [0.15, 0.2) is 11.6 Å². The van der Waals surface area contributed by atoms with Crippen LogP contribution in [0.25, 0.3) is 0 Å². The number of esters is 1. The molecule has 5 aliphatic carbocycles. The Kier molecular flexibility index (Phi) is 18.4.